The zero-order valence-electron chi connectivity index (χ0n) is 16.0. The van der Waals surface area contributed by atoms with Gasteiger partial charge in [-0.3, -0.25) is 0 Å². The van der Waals surface area contributed by atoms with Gasteiger partial charge in [0.05, 0.1) is 5.41 Å². The molecule has 1 N–H and O–H groups in total. The maximum Gasteiger partial charge on any atom is 0.418 e. The monoisotopic (exact) mass is 406 g/mol. The second kappa shape index (κ2) is 7.96. The molecule has 0 aliphatic carbocycles. The minimum absolute atomic E-state index is 0.337. The molecule has 0 radical (unpaired) electrons. The largest absolute Gasteiger partial charge is 0.418 e. The molecule has 1 heterocycles. The van der Waals surface area contributed by atoms with Crippen molar-refractivity contribution in [2.45, 2.75) is 37.5 Å². The summed E-state index contributed by atoms with van der Waals surface area (Å²) in [5, 5.41) is 13.5. The SMILES string of the molecule is CC(C)CC(O)(C(F)(F)F)C(c1ccccc1)(c1ccccc1)C1C=CSC1. The Balaban J connectivity index is 2.42. The molecule has 0 aromatic heterocycles. The first-order valence-corrected chi connectivity index (χ1v) is 10.5. The van der Waals surface area contributed by atoms with E-state index in [2.05, 4.69) is 0 Å². The molecule has 0 spiro atoms. The highest BCUT2D eigenvalue weighted by molar-refractivity contribution is 8.02. The third kappa shape index (κ3) is 3.39. The molecule has 0 saturated heterocycles. The van der Waals surface area contributed by atoms with Gasteiger partial charge in [0.25, 0.3) is 0 Å². The van der Waals surface area contributed by atoms with Crippen LogP contribution in [0, 0.1) is 11.8 Å². The van der Waals surface area contributed by atoms with Crippen LogP contribution in [0.4, 0.5) is 13.2 Å². The van der Waals surface area contributed by atoms with Crippen molar-refractivity contribution in [3.63, 3.8) is 0 Å². The Morgan fingerprint density at radius 2 is 1.46 bits per heavy atom. The Morgan fingerprint density at radius 3 is 1.82 bits per heavy atom. The van der Waals surface area contributed by atoms with Gasteiger partial charge >= 0.3 is 6.18 Å². The summed E-state index contributed by atoms with van der Waals surface area (Å²) < 4.78 is 44.1. The molecule has 0 saturated carbocycles. The Morgan fingerprint density at radius 1 is 0.964 bits per heavy atom. The van der Waals surface area contributed by atoms with Gasteiger partial charge in [-0.25, -0.2) is 0 Å². The Labute approximate surface area is 168 Å². The summed E-state index contributed by atoms with van der Waals surface area (Å²) in [7, 11) is 0. The summed E-state index contributed by atoms with van der Waals surface area (Å²) in [5.41, 5.74) is -3.59. The van der Waals surface area contributed by atoms with Gasteiger partial charge in [-0.1, -0.05) is 80.6 Å². The zero-order chi connectivity index (χ0) is 20.4. The number of thioether (sulfide) groups is 1. The maximum atomic E-state index is 14.7. The number of hydrogen-bond acceptors (Lipinski definition) is 2. The fraction of sp³-hybridized carbons (Fsp3) is 0.391. The van der Waals surface area contributed by atoms with E-state index in [4.69, 9.17) is 0 Å². The Bertz CT molecular complexity index is 762. The van der Waals surface area contributed by atoms with Crippen LogP contribution in [0.25, 0.3) is 0 Å². The number of allylic oxidation sites excluding steroid dienone is 1. The molecule has 2 atom stereocenters. The van der Waals surface area contributed by atoms with E-state index >= 15 is 0 Å². The molecular weight excluding hydrogens is 381 g/mol. The van der Waals surface area contributed by atoms with Crippen LogP contribution in [-0.4, -0.2) is 22.6 Å². The highest BCUT2D eigenvalue weighted by Crippen LogP contribution is 2.58. The summed E-state index contributed by atoms with van der Waals surface area (Å²) in [6, 6.07) is 17.4. The normalized spacial score (nSPS) is 19.8. The quantitative estimate of drug-likeness (QED) is 0.617. The van der Waals surface area contributed by atoms with Crippen LogP contribution in [0.15, 0.2) is 72.1 Å². The van der Waals surface area contributed by atoms with Crippen LogP contribution >= 0.6 is 11.8 Å². The lowest BCUT2D eigenvalue weighted by molar-refractivity contribution is -0.290. The van der Waals surface area contributed by atoms with Crippen molar-refractivity contribution in [1.82, 2.24) is 0 Å². The molecule has 0 fully saturated rings. The van der Waals surface area contributed by atoms with Crippen LogP contribution in [0.5, 0.6) is 0 Å². The molecule has 28 heavy (non-hydrogen) atoms. The van der Waals surface area contributed by atoms with E-state index in [1.54, 1.807) is 74.5 Å². The van der Waals surface area contributed by atoms with Crippen LogP contribution < -0.4 is 0 Å². The molecule has 2 aromatic carbocycles. The lowest BCUT2D eigenvalue weighted by Gasteiger charge is -2.52. The predicted octanol–water partition coefficient (Wildman–Crippen LogP) is 6.19. The third-order valence-corrected chi connectivity index (χ3v) is 6.42. The highest BCUT2D eigenvalue weighted by Gasteiger charge is 2.69. The van der Waals surface area contributed by atoms with E-state index in [0.717, 1.165) is 0 Å². The van der Waals surface area contributed by atoms with Crippen LogP contribution in [0.2, 0.25) is 0 Å². The first-order chi connectivity index (χ1) is 13.2. The number of alkyl halides is 3. The first-order valence-electron chi connectivity index (χ1n) is 9.42. The average Bonchev–Trinajstić information content (AvgIpc) is 3.17. The van der Waals surface area contributed by atoms with Gasteiger partial charge in [-0.2, -0.15) is 13.2 Å². The van der Waals surface area contributed by atoms with Gasteiger partial charge in [0.15, 0.2) is 5.60 Å². The van der Waals surface area contributed by atoms with Crippen LogP contribution in [0.3, 0.4) is 0 Å². The van der Waals surface area contributed by atoms with E-state index in [1.807, 2.05) is 11.5 Å². The highest BCUT2D eigenvalue weighted by atomic mass is 32.2. The number of hydrogen-bond donors (Lipinski definition) is 1. The summed E-state index contributed by atoms with van der Waals surface area (Å²) >= 11 is 1.48. The second-order valence-corrected chi connectivity index (χ2v) is 8.70. The molecule has 150 valence electrons. The number of benzene rings is 2. The van der Waals surface area contributed by atoms with Crippen molar-refractivity contribution in [1.29, 1.82) is 0 Å². The minimum Gasteiger partial charge on any atom is -0.379 e. The Kier molecular flexibility index (Phi) is 5.97. The number of halogens is 3. The lowest BCUT2D eigenvalue weighted by atomic mass is 9.54. The van der Waals surface area contributed by atoms with Crippen molar-refractivity contribution < 1.29 is 18.3 Å². The molecule has 1 nitrogen and oxygen atoms in total. The summed E-state index contributed by atoms with van der Waals surface area (Å²) in [6.45, 7) is 3.44. The molecule has 0 bridgehead atoms. The van der Waals surface area contributed by atoms with E-state index < -0.39 is 23.1 Å². The van der Waals surface area contributed by atoms with Crippen molar-refractivity contribution in [3.8, 4) is 0 Å². The molecular formula is C23H25F3OS. The first kappa shape index (κ1) is 21.0. The van der Waals surface area contributed by atoms with Gasteiger partial charge in [0.1, 0.15) is 0 Å². The smallest absolute Gasteiger partial charge is 0.379 e. The fourth-order valence-electron chi connectivity index (χ4n) is 4.51. The third-order valence-electron chi connectivity index (χ3n) is 5.52. The van der Waals surface area contributed by atoms with Gasteiger partial charge in [0, 0.05) is 11.7 Å². The van der Waals surface area contributed by atoms with Crippen LogP contribution in [0.1, 0.15) is 31.4 Å². The van der Waals surface area contributed by atoms with E-state index in [9.17, 15) is 18.3 Å². The zero-order valence-corrected chi connectivity index (χ0v) is 16.8. The maximum absolute atomic E-state index is 14.7. The van der Waals surface area contributed by atoms with Crippen LogP contribution in [-0.2, 0) is 5.41 Å². The van der Waals surface area contributed by atoms with Crippen molar-refractivity contribution in [2.75, 3.05) is 5.75 Å². The summed E-state index contributed by atoms with van der Waals surface area (Å²) in [5.74, 6) is -0.343. The Hall–Kier alpha value is -1.72. The van der Waals surface area contributed by atoms with Gasteiger partial charge in [-0.05, 0) is 28.9 Å². The fourth-order valence-corrected chi connectivity index (χ4v) is 5.49. The van der Waals surface area contributed by atoms with Crippen molar-refractivity contribution >= 4 is 11.8 Å². The molecule has 2 unspecified atom stereocenters. The molecule has 0 amide bonds. The number of aliphatic hydroxyl groups is 1. The molecule has 5 heteroatoms. The predicted molar refractivity (Wildman–Crippen MR) is 109 cm³/mol. The van der Waals surface area contributed by atoms with E-state index in [1.165, 1.54) is 11.8 Å². The van der Waals surface area contributed by atoms with E-state index in [0.29, 0.717) is 16.9 Å². The van der Waals surface area contributed by atoms with Gasteiger partial charge in [-0.15, -0.1) is 11.8 Å². The van der Waals surface area contributed by atoms with Crippen molar-refractivity contribution in [2.24, 2.45) is 11.8 Å². The van der Waals surface area contributed by atoms with Gasteiger partial charge in [0.2, 0.25) is 0 Å². The lowest BCUT2D eigenvalue weighted by Crippen LogP contribution is -2.65. The minimum atomic E-state index is -4.80. The van der Waals surface area contributed by atoms with E-state index in [-0.39, 0.29) is 12.3 Å². The van der Waals surface area contributed by atoms with Crippen molar-refractivity contribution in [3.05, 3.63) is 83.3 Å². The molecule has 2 aromatic rings. The number of rotatable bonds is 6. The molecule has 1 aliphatic rings. The topological polar surface area (TPSA) is 20.2 Å². The summed E-state index contributed by atoms with van der Waals surface area (Å²) in [6.07, 6.45) is -3.36. The summed E-state index contributed by atoms with van der Waals surface area (Å²) in [4.78, 5) is 0. The molecule has 1 aliphatic heterocycles. The standard InChI is InChI=1S/C23H25F3OS/c1-17(2)15-21(27,23(24,25)26)22(20-13-14-28-16-20,18-9-5-3-6-10-18)19-11-7-4-8-12-19/h3-14,17,20,27H,15-16H2,1-2H3. The van der Waals surface area contributed by atoms with Gasteiger partial charge < -0.3 is 5.11 Å². The molecule has 3 rings (SSSR count). The second-order valence-electron chi connectivity index (χ2n) is 7.76. The average molecular weight is 407 g/mol.